The van der Waals surface area contributed by atoms with E-state index in [-0.39, 0.29) is 5.91 Å². The third-order valence-electron chi connectivity index (χ3n) is 7.88. The van der Waals surface area contributed by atoms with Gasteiger partial charge in [0.15, 0.2) is 0 Å². The first-order valence-corrected chi connectivity index (χ1v) is 12.3. The van der Waals surface area contributed by atoms with Crippen LogP contribution in [0.3, 0.4) is 0 Å². The van der Waals surface area contributed by atoms with E-state index in [9.17, 15) is 4.79 Å². The first-order valence-electron chi connectivity index (χ1n) is 12.3. The van der Waals surface area contributed by atoms with Gasteiger partial charge in [0.25, 0.3) is 5.91 Å². The molecule has 33 heavy (non-hydrogen) atoms. The van der Waals surface area contributed by atoms with Gasteiger partial charge in [0.05, 0.1) is 0 Å². The third kappa shape index (κ3) is 3.29. The number of fused-ring (bicyclic) bond motifs is 6. The zero-order valence-corrected chi connectivity index (χ0v) is 19.7. The van der Waals surface area contributed by atoms with Crippen molar-refractivity contribution in [2.45, 2.75) is 32.2 Å². The van der Waals surface area contributed by atoms with Crippen LogP contribution in [0.1, 0.15) is 40.2 Å². The molecule has 0 aliphatic carbocycles. The van der Waals surface area contributed by atoms with E-state index in [4.69, 9.17) is 0 Å². The predicted molar refractivity (Wildman–Crippen MR) is 134 cm³/mol. The average molecular weight is 441 g/mol. The molecule has 0 radical (unpaired) electrons. The molecule has 1 amide bonds. The normalized spacial score (nSPS) is 16.5. The highest BCUT2D eigenvalue weighted by atomic mass is 16.2. The maximum atomic E-state index is 13.3. The van der Waals surface area contributed by atoms with Gasteiger partial charge in [0.2, 0.25) is 0 Å². The lowest BCUT2D eigenvalue weighted by Gasteiger charge is -2.30. The van der Waals surface area contributed by atoms with Crippen LogP contribution in [0.25, 0.3) is 21.8 Å². The van der Waals surface area contributed by atoms with Crippen LogP contribution < -0.4 is 0 Å². The lowest BCUT2D eigenvalue weighted by molar-refractivity contribution is 0.0725. The Hall–Kier alpha value is -3.05. The van der Waals surface area contributed by atoms with Crippen molar-refractivity contribution >= 4 is 27.7 Å². The Kier molecular flexibility index (Phi) is 5.02. The number of amides is 1. The van der Waals surface area contributed by atoms with E-state index in [1.165, 1.54) is 33.1 Å². The van der Waals surface area contributed by atoms with Gasteiger partial charge in [0.1, 0.15) is 5.69 Å². The molecule has 0 saturated carbocycles. The van der Waals surface area contributed by atoms with Crippen LogP contribution in [0.15, 0.2) is 48.5 Å². The Morgan fingerprint density at radius 1 is 0.758 bits per heavy atom. The lowest BCUT2D eigenvalue weighted by Crippen LogP contribution is -2.39. The molecule has 5 heteroatoms. The zero-order chi connectivity index (χ0) is 22.5. The molecule has 4 heterocycles. The number of aryl methyl sites for hydroxylation is 2. The number of aromatic nitrogens is 2. The van der Waals surface area contributed by atoms with Crippen molar-refractivity contribution in [3.63, 3.8) is 0 Å². The summed E-state index contributed by atoms with van der Waals surface area (Å²) in [5.41, 5.74) is 7.64. The molecule has 0 N–H and O–H groups in total. The highest BCUT2D eigenvalue weighted by molar-refractivity contribution is 6.02. The molecule has 0 fully saturated rings. The van der Waals surface area contributed by atoms with Crippen molar-refractivity contribution in [1.82, 2.24) is 18.9 Å². The van der Waals surface area contributed by atoms with Gasteiger partial charge in [-0.05, 0) is 55.5 Å². The number of hydrogen-bond donors (Lipinski definition) is 0. The maximum absolute atomic E-state index is 13.3. The smallest absolute Gasteiger partial charge is 0.270 e. The minimum absolute atomic E-state index is 0.202. The Labute approximate surface area is 195 Å². The SMILES string of the molecule is Cn1c2c(c3ccccc31)CCN(CCCCN1CCc3c(n(C)c4ccccc34)C1=O)C2. The van der Waals surface area contributed by atoms with Crippen molar-refractivity contribution in [2.24, 2.45) is 14.1 Å². The molecule has 4 aromatic rings. The summed E-state index contributed by atoms with van der Waals surface area (Å²) in [7, 11) is 4.23. The van der Waals surface area contributed by atoms with E-state index in [0.29, 0.717) is 0 Å². The molecule has 2 aliphatic heterocycles. The Morgan fingerprint density at radius 2 is 1.39 bits per heavy atom. The molecule has 0 spiro atoms. The van der Waals surface area contributed by atoms with Crippen molar-refractivity contribution in [1.29, 1.82) is 0 Å². The van der Waals surface area contributed by atoms with E-state index in [2.05, 4.69) is 74.5 Å². The Bertz CT molecular complexity index is 1360. The van der Waals surface area contributed by atoms with Crippen molar-refractivity contribution in [3.05, 3.63) is 71.0 Å². The van der Waals surface area contributed by atoms with Crippen LogP contribution in [0.4, 0.5) is 0 Å². The van der Waals surface area contributed by atoms with Crippen LogP contribution in [-0.2, 0) is 33.5 Å². The number of carbonyl (C=O) groups excluding carboxylic acids is 1. The van der Waals surface area contributed by atoms with Gasteiger partial charge in [-0.2, -0.15) is 0 Å². The molecule has 6 rings (SSSR count). The van der Waals surface area contributed by atoms with Gasteiger partial charge in [0, 0.05) is 67.8 Å². The minimum Gasteiger partial charge on any atom is -0.346 e. The van der Waals surface area contributed by atoms with Gasteiger partial charge >= 0.3 is 0 Å². The quantitative estimate of drug-likeness (QED) is 0.428. The summed E-state index contributed by atoms with van der Waals surface area (Å²) in [6.45, 7) is 4.95. The molecular formula is C28H32N4O. The summed E-state index contributed by atoms with van der Waals surface area (Å²) in [6, 6.07) is 17.2. The Morgan fingerprint density at radius 3 is 2.18 bits per heavy atom. The first-order chi connectivity index (χ1) is 16.1. The standard InChI is InChI=1S/C28H32N4O/c1-29-24-11-5-3-9-20(24)22-13-17-31(19-26(22)29)15-7-8-16-32-18-14-23-21-10-4-6-12-25(21)30(2)27(23)28(32)33/h3-6,9-12H,7-8,13-19H2,1-2H3. The highest BCUT2D eigenvalue weighted by Crippen LogP contribution is 2.31. The molecule has 2 aromatic heterocycles. The van der Waals surface area contributed by atoms with Crippen LogP contribution in [0, 0.1) is 0 Å². The number of unbranched alkanes of at least 4 members (excludes halogenated alkanes) is 1. The molecule has 2 aromatic carbocycles. The number of para-hydroxylation sites is 2. The predicted octanol–water partition coefficient (Wildman–Crippen LogP) is 4.51. The zero-order valence-electron chi connectivity index (χ0n) is 19.7. The monoisotopic (exact) mass is 440 g/mol. The molecule has 5 nitrogen and oxygen atoms in total. The summed E-state index contributed by atoms with van der Waals surface area (Å²) in [6.07, 6.45) is 4.28. The molecule has 170 valence electrons. The second kappa shape index (κ2) is 8.07. The van der Waals surface area contributed by atoms with Crippen LogP contribution in [0.2, 0.25) is 0 Å². The van der Waals surface area contributed by atoms with E-state index < -0.39 is 0 Å². The van der Waals surface area contributed by atoms with Crippen molar-refractivity contribution in [3.8, 4) is 0 Å². The van der Waals surface area contributed by atoms with Gasteiger partial charge in [-0.3, -0.25) is 9.69 Å². The third-order valence-corrected chi connectivity index (χ3v) is 7.88. The molecular weight excluding hydrogens is 408 g/mol. The largest absolute Gasteiger partial charge is 0.346 e. The number of hydrogen-bond acceptors (Lipinski definition) is 2. The first kappa shape index (κ1) is 20.5. The Balaban J connectivity index is 1.07. The van der Waals surface area contributed by atoms with Gasteiger partial charge in [-0.1, -0.05) is 36.4 Å². The highest BCUT2D eigenvalue weighted by Gasteiger charge is 2.29. The van der Waals surface area contributed by atoms with E-state index in [0.717, 1.165) is 69.6 Å². The fraction of sp³-hybridized carbons (Fsp3) is 0.393. The van der Waals surface area contributed by atoms with Gasteiger partial charge < -0.3 is 14.0 Å². The summed E-state index contributed by atoms with van der Waals surface area (Å²) >= 11 is 0. The summed E-state index contributed by atoms with van der Waals surface area (Å²) < 4.78 is 4.47. The van der Waals surface area contributed by atoms with Gasteiger partial charge in [-0.15, -0.1) is 0 Å². The van der Waals surface area contributed by atoms with Gasteiger partial charge in [-0.25, -0.2) is 0 Å². The van der Waals surface area contributed by atoms with E-state index >= 15 is 0 Å². The maximum Gasteiger partial charge on any atom is 0.270 e. The van der Waals surface area contributed by atoms with E-state index in [1.807, 2.05) is 7.05 Å². The molecule has 2 aliphatic rings. The summed E-state index contributed by atoms with van der Waals surface area (Å²) in [5, 5.41) is 2.66. The van der Waals surface area contributed by atoms with Crippen molar-refractivity contribution in [2.75, 3.05) is 26.2 Å². The van der Waals surface area contributed by atoms with Crippen molar-refractivity contribution < 1.29 is 4.79 Å². The fourth-order valence-electron chi connectivity index (χ4n) is 6.10. The summed E-state index contributed by atoms with van der Waals surface area (Å²) in [5.74, 6) is 0.202. The molecule has 0 bridgehead atoms. The van der Waals surface area contributed by atoms with E-state index in [1.54, 1.807) is 0 Å². The number of carbonyl (C=O) groups is 1. The minimum atomic E-state index is 0.202. The van der Waals surface area contributed by atoms with Crippen LogP contribution >= 0.6 is 0 Å². The topological polar surface area (TPSA) is 33.4 Å². The second-order valence-corrected chi connectivity index (χ2v) is 9.68. The molecule has 0 unspecified atom stereocenters. The average Bonchev–Trinajstić information content (AvgIpc) is 3.30. The number of rotatable bonds is 5. The van der Waals surface area contributed by atoms with Crippen LogP contribution in [0.5, 0.6) is 0 Å². The second-order valence-electron chi connectivity index (χ2n) is 9.68. The summed E-state index contributed by atoms with van der Waals surface area (Å²) in [4.78, 5) is 17.9. The van der Waals surface area contributed by atoms with Crippen LogP contribution in [-0.4, -0.2) is 51.0 Å². The number of nitrogens with zero attached hydrogens (tertiary/aromatic N) is 4. The fourth-order valence-corrected chi connectivity index (χ4v) is 6.10. The molecule has 0 atom stereocenters. The number of benzene rings is 2. The lowest BCUT2D eigenvalue weighted by atomic mass is 10.0. The molecule has 0 saturated heterocycles.